The van der Waals surface area contributed by atoms with Gasteiger partial charge in [0.05, 0.1) is 5.39 Å². The number of carbonyl (C=O) groups excluding carboxylic acids is 1. The molecule has 0 aliphatic carbocycles. The van der Waals surface area contributed by atoms with Gasteiger partial charge in [0, 0.05) is 25.0 Å². The van der Waals surface area contributed by atoms with E-state index in [0.717, 1.165) is 0 Å². The Morgan fingerprint density at radius 1 is 1.15 bits per heavy atom. The molecule has 2 aliphatic rings. The van der Waals surface area contributed by atoms with Crippen molar-refractivity contribution >= 4 is 16.7 Å². The van der Waals surface area contributed by atoms with E-state index in [0.29, 0.717) is 35.0 Å². The second-order valence-corrected chi connectivity index (χ2v) is 7.53. The molecule has 0 unspecified atom stereocenters. The number of aryl methyl sites for hydroxylation is 1. The Morgan fingerprint density at radius 3 is 2.77 bits per heavy atom. The highest BCUT2D eigenvalue weighted by atomic mass is 16.2. The molecule has 0 radical (unpaired) electrons. The van der Waals surface area contributed by atoms with Crippen LogP contribution in [0.25, 0.3) is 10.8 Å². The smallest absolute Gasteiger partial charge is 0.274 e. The zero-order valence-corrected chi connectivity index (χ0v) is 15.3. The topological polar surface area (TPSA) is 67.2 Å². The first-order valence-electron chi connectivity index (χ1n) is 9.63. The van der Waals surface area contributed by atoms with Gasteiger partial charge in [-0.1, -0.05) is 24.6 Å². The molecule has 6 heteroatoms. The maximum atomic E-state index is 12.8. The number of hydrogen-bond acceptors (Lipinski definition) is 4. The van der Waals surface area contributed by atoms with Crippen molar-refractivity contribution in [3.63, 3.8) is 0 Å². The van der Waals surface area contributed by atoms with E-state index < -0.39 is 0 Å². The SMILES string of the molecule is Cn1nc(C(=O)NC[C@H]2CCCN3CCCC[C@H]23)c2ccccc2c1=O. The summed E-state index contributed by atoms with van der Waals surface area (Å²) in [5.41, 5.74) is 0.154. The van der Waals surface area contributed by atoms with Crippen molar-refractivity contribution in [1.82, 2.24) is 20.0 Å². The lowest BCUT2D eigenvalue weighted by molar-refractivity contribution is 0.0575. The van der Waals surface area contributed by atoms with Crippen LogP contribution in [0.1, 0.15) is 42.6 Å². The normalized spacial score (nSPS) is 23.6. The Labute approximate surface area is 153 Å². The molecule has 3 heterocycles. The third-order valence-corrected chi connectivity index (χ3v) is 5.93. The van der Waals surface area contributed by atoms with Crippen LogP contribution in [0.3, 0.4) is 0 Å². The number of nitrogens with zero attached hydrogens (tertiary/aromatic N) is 3. The molecule has 0 bridgehead atoms. The molecule has 2 aliphatic heterocycles. The van der Waals surface area contributed by atoms with E-state index in [1.165, 1.54) is 49.9 Å². The van der Waals surface area contributed by atoms with Gasteiger partial charge in [0.1, 0.15) is 0 Å². The van der Waals surface area contributed by atoms with Crippen LogP contribution in [-0.2, 0) is 7.05 Å². The summed E-state index contributed by atoms with van der Waals surface area (Å²) in [5, 5.41) is 8.48. The second kappa shape index (κ2) is 7.19. The van der Waals surface area contributed by atoms with Crippen LogP contribution in [0, 0.1) is 5.92 Å². The minimum absolute atomic E-state index is 0.178. The van der Waals surface area contributed by atoms with E-state index >= 15 is 0 Å². The monoisotopic (exact) mass is 354 g/mol. The van der Waals surface area contributed by atoms with E-state index in [-0.39, 0.29) is 11.5 Å². The minimum atomic E-state index is -0.190. The molecule has 1 aromatic heterocycles. The average molecular weight is 354 g/mol. The van der Waals surface area contributed by atoms with Crippen molar-refractivity contribution in [3.05, 3.63) is 40.3 Å². The number of piperidine rings is 2. The van der Waals surface area contributed by atoms with Crippen molar-refractivity contribution < 1.29 is 4.79 Å². The molecule has 0 spiro atoms. The van der Waals surface area contributed by atoms with Gasteiger partial charge in [0.25, 0.3) is 11.5 Å². The fourth-order valence-electron chi connectivity index (χ4n) is 4.59. The number of hydrogen-bond donors (Lipinski definition) is 1. The Kier molecular flexibility index (Phi) is 4.76. The van der Waals surface area contributed by atoms with Crippen LogP contribution in [0.2, 0.25) is 0 Å². The van der Waals surface area contributed by atoms with Crippen molar-refractivity contribution in [1.29, 1.82) is 0 Å². The maximum Gasteiger partial charge on any atom is 0.274 e. The first-order chi connectivity index (χ1) is 12.6. The quantitative estimate of drug-likeness (QED) is 0.915. The standard InChI is InChI=1S/C20H26N4O2/c1-23-20(26)16-9-3-2-8-15(16)18(22-23)19(25)21-13-14-7-6-12-24-11-5-4-10-17(14)24/h2-3,8-9,14,17H,4-7,10-13H2,1H3,(H,21,25)/t14-,17-/m1/s1. The van der Waals surface area contributed by atoms with Gasteiger partial charge in [-0.2, -0.15) is 5.10 Å². The Bertz CT molecular complexity index is 874. The highest BCUT2D eigenvalue weighted by Crippen LogP contribution is 2.30. The van der Waals surface area contributed by atoms with Gasteiger partial charge in [-0.05, 0) is 50.8 Å². The lowest BCUT2D eigenvalue weighted by Crippen LogP contribution is -2.51. The van der Waals surface area contributed by atoms with E-state index in [4.69, 9.17) is 0 Å². The van der Waals surface area contributed by atoms with Crippen molar-refractivity contribution in [2.75, 3.05) is 19.6 Å². The number of aromatic nitrogens is 2. The number of fused-ring (bicyclic) bond motifs is 2. The largest absolute Gasteiger partial charge is 0.350 e. The zero-order valence-electron chi connectivity index (χ0n) is 15.3. The molecule has 2 saturated heterocycles. The third kappa shape index (κ3) is 3.14. The summed E-state index contributed by atoms with van der Waals surface area (Å²) in [7, 11) is 1.59. The molecule has 1 amide bonds. The summed E-state index contributed by atoms with van der Waals surface area (Å²) in [6.07, 6.45) is 6.20. The second-order valence-electron chi connectivity index (χ2n) is 7.53. The highest BCUT2D eigenvalue weighted by molar-refractivity contribution is 6.04. The Hall–Kier alpha value is -2.21. The zero-order chi connectivity index (χ0) is 18.1. The number of benzene rings is 1. The third-order valence-electron chi connectivity index (χ3n) is 5.93. The van der Waals surface area contributed by atoms with Gasteiger partial charge in [0.15, 0.2) is 5.69 Å². The molecule has 26 heavy (non-hydrogen) atoms. The number of amides is 1. The van der Waals surface area contributed by atoms with E-state index in [1.54, 1.807) is 19.2 Å². The summed E-state index contributed by atoms with van der Waals surface area (Å²) < 4.78 is 1.25. The van der Waals surface area contributed by atoms with E-state index in [9.17, 15) is 9.59 Å². The molecule has 138 valence electrons. The van der Waals surface area contributed by atoms with Crippen LogP contribution in [-0.4, -0.2) is 46.3 Å². The van der Waals surface area contributed by atoms with Gasteiger partial charge in [0.2, 0.25) is 0 Å². The molecule has 4 rings (SSSR count). The summed E-state index contributed by atoms with van der Waals surface area (Å²) in [5.74, 6) is 0.316. The first-order valence-corrected chi connectivity index (χ1v) is 9.63. The fourth-order valence-corrected chi connectivity index (χ4v) is 4.59. The van der Waals surface area contributed by atoms with E-state index in [2.05, 4.69) is 15.3 Å². The Balaban J connectivity index is 1.53. The average Bonchev–Trinajstić information content (AvgIpc) is 2.69. The maximum absolute atomic E-state index is 12.8. The minimum Gasteiger partial charge on any atom is -0.350 e. The number of nitrogens with one attached hydrogen (secondary N) is 1. The number of carbonyl (C=O) groups is 1. The van der Waals surface area contributed by atoms with Crippen LogP contribution < -0.4 is 10.9 Å². The van der Waals surface area contributed by atoms with Gasteiger partial charge in [-0.15, -0.1) is 0 Å². The van der Waals surface area contributed by atoms with Crippen LogP contribution in [0.5, 0.6) is 0 Å². The highest BCUT2D eigenvalue weighted by Gasteiger charge is 2.33. The van der Waals surface area contributed by atoms with Crippen molar-refractivity contribution in [2.24, 2.45) is 13.0 Å². The summed E-state index contributed by atoms with van der Waals surface area (Å²) in [6, 6.07) is 7.79. The van der Waals surface area contributed by atoms with Crippen LogP contribution in [0.15, 0.2) is 29.1 Å². The molecule has 2 aromatic rings. The predicted octanol–water partition coefficient (Wildman–Crippen LogP) is 1.93. The van der Waals surface area contributed by atoms with E-state index in [1.807, 2.05) is 12.1 Å². The molecule has 1 aromatic carbocycles. The van der Waals surface area contributed by atoms with Crippen LogP contribution >= 0.6 is 0 Å². The molecular weight excluding hydrogens is 328 g/mol. The van der Waals surface area contributed by atoms with Gasteiger partial charge >= 0.3 is 0 Å². The van der Waals surface area contributed by atoms with Gasteiger partial charge < -0.3 is 10.2 Å². The van der Waals surface area contributed by atoms with Gasteiger partial charge in [-0.25, -0.2) is 4.68 Å². The number of rotatable bonds is 3. The molecule has 2 atom stereocenters. The van der Waals surface area contributed by atoms with Crippen molar-refractivity contribution in [2.45, 2.75) is 38.1 Å². The van der Waals surface area contributed by atoms with Crippen LogP contribution in [0.4, 0.5) is 0 Å². The molecule has 2 fully saturated rings. The van der Waals surface area contributed by atoms with Gasteiger partial charge in [-0.3, -0.25) is 9.59 Å². The predicted molar refractivity (Wildman–Crippen MR) is 101 cm³/mol. The molecule has 1 N–H and O–H groups in total. The summed E-state index contributed by atoms with van der Waals surface area (Å²) >= 11 is 0. The van der Waals surface area contributed by atoms with Crippen molar-refractivity contribution in [3.8, 4) is 0 Å². The molecular formula is C20H26N4O2. The molecule has 0 saturated carbocycles. The lowest BCUT2D eigenvalue weighted by Gasteiger charge is -2.44. The Morgan fingerprint density at radius 2 is 1.92 bits per heavy atom. The lowest BCUT2D eigenvalue weighted by atomic mass is 9.83. The summed E-state index contributed by atoms with van der Waals surface area (Å²) in [6.45, 7) is 3.07. The fraction of sp³-hybridized carbons (Fsp3) is 0.550. The molecule has 6 nitrogen and oxygen atoms in total. The first kappa shape index (κ1) is 17.2. The summed E-state index contributed by atoms with van der Waals surface area (Å²) in [4.78, 5) is 27.7.